The zero-order chi connectivity index (χ0) is 29.4. The van der Waals surface area contributed by atoms with Crippen LogP contribution in [0.2, 0.25) is 0 Å². The highest BCUT2D eigenvalue weighted by atomic mass is 79.9. The van der Waals surface area contributed by atoms with Gasteiger partial charge in [0.05, 0.1) is 24.2 Å². The van der Waals surface area contributed by atoms with E-state index in [1.165, 1.54) is 25.3 Å². The number of nitrogens with one attached hydrogen (secondary N) is 3. The molecular weight excluding hydrogens is 610 g/mol. The van der Waals surface area contributed by atoms with Gasteiger partial charge in [0.2, 0.25) is 5.71 Å². The van der Waals surface area contributed by atoms with Gasteiger partial charge < -0.3 is 14.8 Å². The number of ether oxygens (including phenoxy) is 2. The van der Waals surface area contributed by atoms with Gasteiger partial charge in [0.25, 0.3) is 15.9 Å². The van der Waals surface area contributed by atoms with Crippen molar-refractivity contribution in [2.45, 2.75) is 11.8 Å². The van der Waals surface area contributed by atoms with Crippen molar-refractivity contribution in [2.24, 2.45) is 5.10 Å². The lowest BCUT2D eigenvalue weighted by Crippen LogP contribution is -2.23. The Labute approximate surface area is 245 Å². The number of halogens is 1. The Morgan fingerprint density at radius 2 is 1.66 bits per heavy atom. The first-order chi connectivity index (χ1) is 19.7. The molecule has 10 nitrogen and oxygen atoms in total. The van der Waals surface area contributed by atoms with Crippen molar-refractivity contribution in [1.82, 2.24) is 0 Å². The molecular formula is C29H24BrN5O5S. The minimum atomic E-state index is -4.10. The molecule has 208 valence electrons. The maximum absolute atomic E-state index is 13.3. The van der Waals surface area contributed by atoms with Gasteiger partial charge in [0.1, 0.15) is 22.5 Å². The van der Waals surface area contributed by atoms with E-state index < -0.39 is 21.6 Å². The number of hydrogen-bond acceptors (Lipinski definition) is 8. The maximum atomic E-state index is 13.3. The van der Waals surface area contributed by atoms with Crippen LogP contribution in [0, 0.1) is 18.3 Å². The predicted octanol–water partition coefficient (Wildman–Crippen LogP) is 6.29. The van der Waals surface area contributed by atoms with E-state index in [2.05, 4.69) is 36.5 Å². The molecule has 0 aromatic heterocycles. The van der Waals surface area contributed by atoms with Gasteiger partial charge in [-0.05, 0) is 83.0 Å². The fourth-order valence-corrected chi connectivity index (χ4v) is 5.32. The number of carbonyl (C=O) groups excluding carboxylic acids is 1. The summed E-state index contributed by atoms with van der Waals surface area (Å²) in [7, 11) is -2.75. The van der Waals surface area contributed by atoms with Crippen molar-refractivity contribution >= 4 is 54.6 Å². The van der Waals surface area contributed by atoms with Crippen molar-refractivity contribution in [3.8, 4) is 23.3 Å². The minimum absolute atomic E-state index is 0.0871. The molecule has 12 heteroatoms. The number of hydrazone groups is 1. The van der Waals surface area contributed by atoms with Crippen molar-refractivity contribution in [3.63, 3.8) is 0 Å². The number of methoxy groups -OCH3 is 1. The number of benzene rings is 4. The monoisotopic (exact) mass is 633 g/mol. The van der Waals surface area contributed by atoms with Crippen molar-refractivity contribution in [3.05, 3.63) is 101 Å². The molecule has 0 radical (unpaired) electrons. The Balaban J connectivity index is 1.54. The Morgan fingerprint density at radius 3 is 2.39 bits per heavy atom. The maximum Gasteiger partial charge on any atom is 0.287 e. The van der Waals surface area contributed by atoms with Crippen LogP contribution in [0.25, 0.3) is 0 Å². The average molecular weight is 635 g/mol. The summed E-state index contributed by atoms with van der Waals surface area (Å²) in [6.07, 6.45) is 0. The van der Waals surface area contributed by atoms with Crippen LogP contribution in [0.4, 0.5) is 17.1 Å². The van der Waals surface area contributed by atoms with Crippen LogP contribution in [-0.2, 0) is 14.8 Å². The second kappa shape index (κ2) is 13.0. The van der Waals surface area contributed by atoms with Crippen LogP contribution >= 0.6 is 15.9 Å². The molecule has 0 atom stereocenters. The predicted molar refractivity (Wildman–Crippen MR) is 161 cm³/mol. The summed E-state index contributed by atoms with van der Waals surface area (Å²) in [5, 5.41) is 16.1. The molecule has 4 aromatic rings. The van der Waals surface area contributed by atoms with Crippen molar-refractivity contribution in [1.29, 1.82) is 5.26 Å². The number of carbonyl (C=O) groups is 1. The van der Waals surface area contributed by atoms with E-state index in [1.54, 1.807) is 54.6 Å². The summed E-state index contributed by atoms with van der Waals surface area (Å²) >= 11 is 3.35. The first kappa shape index (κ1) is 29.1. The van der Waals surface area contributed by atoms with Crippen LogP contribution in [0.5, 0.6) is 17.2 Å². The topological polar surface area (TPSA) is 142 Å². The van der Waals surface area contributed by atoms with E-state index in [1.807, 2.05) is 31.2 Å². The lowest BCUT2D eigenvalue weighted by molar-refractivity contribution is -0.110. The lowest BCUT2D eigenvalue weighted by atomic mass is 10.2. The van der Waals surface area contributed by atoms with Crippen LogP contribution < -0.4 is 24.9 Å². The molecule has 4 rings (SSSR count). The van der Waals surface area contributed by atoms with Crippen LogP contribution in [0.15, 0.2) is 105 Å². The average Bonchev–Trinajstić information content (AvgIpc) is 2.96. The van der Waals surface area contributed by atoms with E-state index in [-0.39, 0.29) is 16.3 Å². The SMILES string of the molecule is COc1ccc(N/N=C(/C#N)C(=O)Nc2ccccc2Oc2ccccc2)cc1S(=O)(=O)Nc1cc(C)ccc1Br. The number of amides is 1. The third-order valence-electron chi connectivity index (χ3n) is 5.54. The Morgan fingerprint density at radius 1 is 0.927 bits per heavy atom. The molecule has 0 aliphatic rings. The van der Waals surface area contributed by atoms with Crippen LogP contribution in [0.3, 0.4) is 0 Å². The molecule has 0 bridgehead atoms. The molecule has 0 aliphatic carbocycles. The summed E-state index contributed by atoms with van der Waals surface area (Å²) in [6, 6.07) is 27.0. The zero-order valence-electron chi connectivity index (χ0n) is 21.9. The van der Waals surface area contributed by atoms with Gasteiger partial charge in [-0.3, -0.25) is 14.9 Å². The normalized spacial score (nSPS) is 11.2. The Hall–Kier alpha value is -4.86. The Kier molecular flexibility index (Phi) is 9.23. The third kappa shape index (κ3) is 7.42. The lowest BCUT2D eigenvalue weighted by Gasteiger charge is -2.14. The summed E-state index contributed by atoms with van der Waals surface area (Å²) in [6.45, 7) is 1.84. The summed E-state index contributed by atoms with van der Waals surface area (Å²) in [5.74, 6) is 0.232. The number of sulfonamides is 1. The fourth-order valence-electron chi connectivity index (χ4n) is 3.58. The largest absolute Gasteiger partial charge is 0.495 e. The summed E-state index contributed by atoms with van der Waals surface area (Å²) in [5.41, 5.74) is 3.82. The second-order valence-electron chi connectivity index (χ2n) is 8.50. The van der Waals surface area contributed by atoms with Gasteiger partial charge >= 0.3 is 0 Å². The number of rotatable bonds is 10. The van der Waals surface area contributed by atoms with Crippen molar-refractivity contribution in [2.75, 3.05) is 22.6 Å². The highest BCUT2D eigenvalue weighted by Gasteiger charge is 2.22. The van der Waals surface area contributed by atoms with Crippen LogP contribution in [-0.4, -0.2) is 27.1 Å². The highest BCUT2D eigenvalue weighted by molar-refractivity contribution is 9.10. The van der Waals surface area contributed by atoms with E-state index >= 15 is 0 Å². The second-order valence-corrected chi connectivity index (χ2v) is 11.0. The van der Waals surface area contributed by atoms with Gasteiger partial charge in [0.15, 0.2) is 5.75 Å². The molecule has 4 aromatic carbocycles. The standard InChI is InChI=1S/C29H24BrN5O5S/c1-19-12-14-22(30)24(16-19)35-41(37,38)28-17-20(13-15-27(28)39-2)33-34-25(18-31)29(36)32-23-10-6-7-11-26(23)40-21-8-4-3-5-9-21/h3-17,33,35H,1-2H3,(H,32,36)/b34-25-. The molecule has 3 N–H and O–H groups in total. The number of anilines is 3. The summed E-state index contributed by atoms with van der Waals surface area (Å²) < 4.78 is 40.7. The van der Waals surface area contributed by atoms with E-state index in [9.17, 15) is 18.5 Å². The number of aryl methyl sites for hydroxylation is 1. The fraction of sp³-hybridized carbons (Fsp3) is 0.0690. The highest BCUT2D eigenvalue weighted by Crippen LogP contribution is 2.32. The third-order valence-corrected chi connectivity index (χ3v) is 7.62. The molecule has 0 saturated carbocycles. The molecule has 0 unspecified atom stereocenters. The van der Waals surface area contributed by atoms with Gasteiger partial charge in [0, 0.05) is 4.47 Å². The van der Waals surface area contributed by atoms with Crippen LogP contribution in [0.1, 0.15) is 5.56 Å². The molecule has 41 heavy (non-hydrogen) atoms. The smallest absolute Gasteiger partial charge is 0.287 e. The van der Waals surface area contributed by atoms with E-state index in [4.69, 9.17) is 9.47 Å². The number of hydrogen-bond donors (Lipinski definition) is 3. The van der Waals surface area contributed by atoms with Crippen molar-refractivity contribution < 1.29 is 22.7 Å². The number of nitriles is 1. The minimum Gasteiger partial charge on any atom is -0.495 e. The molecule has 0 spiro atoms. The summed E-state index contributed by atoms with van der Waals surface area (Å²) in [4.78, 5) is 12.7. The van der Waals surface area contributed by atoms with Gasteiger partial charge in [-0.25, -0.2) is 8.42 Å². The quantitative estimate of drug-likeness (QED) is 0.138. The van der Waals surface area contributed by atoms with E-state index in [0.29, 0.717) is 27.3 Å². The molecule has 0 saturated heterocycles. The zero-order valence-corrected chi connectivity index (χ0v) is 24.3. The molecule has 1 amide bonds. The van der Waals surface area contributed by atoms with Gasteiger partial charge in [-0.1, -0.05) is 36.4 Å². The van der Waals surface area contributed by atoms with Gasteiger partial charge in [-0.15, -0.1) is 0 Å². The first-order valence-corrected chi connectivity index (χ1v) is 14.3. The number of para-hydroxylation sites is 3. The number of nitrogens with zero attached hydrogens (tertiary/aromatic N) is 2. The Bertz CT molecular complexity index is 1760. The first-order valence-electron chi connectivity index (χ1n) is 12.0. The van der Waals surface area contributed by atoms with E-state index in [0.717, 1.165) is 5.56 Å². The molecule has 0 aliphatic heterocycles. The molecule has 0 fully saturated rings. The van der Waals surface area contributed by atoms with Gasteiger partial charge in [-0.2, -0.15) is 10.4 Å². The molecule has 0 heterocycles.